The van der Waals surface area contributed by atoms with Gasteiger partial charge in [0.2, 0.25) is 0 Å². The molecule has 6 nitrogen and oxygen atoms in total. The Labute approximate surface area is 119 Å². The van der Waals surface area contributed by atoms with Crippen LogP contribution in [0.25, 0.3) is 0 Å². The van der Waals surface area contributed by atoms with E-state index in [1.807, 2.05) is 0 Å². The molecular formula is C7H4BrN2O4Y-. The van der Waals surface area contributed by atoms with Gasteiger partial charge >= 0.3 is 5.97 Å². The number of nitrogens with zero attached hydrogens (tertiary/aromatic N) is 2. The summed E-state index contributed by atoms with van der Waals surface area (Å²) >= 11 is 2.96. The number of halogens is 1. The SMILES string of the molecule is COC(=O)c1n[c-]c(Br)cc1[N+](=O)[O-].[Y]. The van der Waals surface area contributed by atoms with Gasteiger partial charge < -0.3 is 9.72 Å². The van der Waals surface area contributed by atoms with Gasteiger partial charge in [-0.1, -0.05) is 32.7 Å². The van der Waals surface area contributed by atoms with E-state index in [1.165, 1.54) is 0 Å². The molecule has 0 amide bonds. The molecule has 0 saturated carbocycles. The van der Waals surface area contributed by atoms with Crippen molar-refractivity contribution >= 4 is 27.6 Å². The Balaban J connectivity index is 0.00000196. The standard InChI is InChI=1S/C7H4BrN2O4.Y/c1-14-7(11)6-5(10(12)13)2-4(8)3-9-6;/h2H,1H3;/q-1;. The molecule has 1 rings (SSSR count). The van der Waals surface area contributed by atoms with E-state index in [1.54, 1.807) is 0 Å². The summed E-state index contributed by atoms with van der Waals surface area (Å²) in [6.45, 7) is 0. The third-order valence-electron chi connectivity index (χ3n) is 1.36. The number of methoxy groups -OCH3 is 1. The van der Waals surface area contributed by atoms with Crippen molar-refractivity contribution in [2.24, 2.45) is 0 Å². The summed E-state index contributed by atoms with van der Waals surface area (Å²) in [6, 6.07) is 1.14. The van der Waals surface area contributed by atoms with Crippen LogP contribution in [0.4, 0.5) is 5.69 Å². The van der Waals surface area contributed by atoms with E-state index in [-0.39, 0.29) is 38.4 Å². The zero-order chi connectivity index (χ0) is 10.7. The molecule has 0 aliphatic rings. The Hall–Kier alpha value is -0.396. The number of carbonyl (C=O) groups excluding carboxylic acids is 1. The van der Waals surface area contributed by atoms with E-state index in [2.05, 4.69) is 31.8 Å². The predicted molar refractivity (Wildman–Crippen MR) is 48.8 cm³/mol. The number of nitro groups is 1. The van der Waals surface area contributed by atoms with Crippen LogP contribution in [0.15, 0.2) is 10.5 Å². The minimum Gasteiger partial charge on any atom is -0.473 e. The summed E-state index contributed by atoms with van der Waals surface area (Å²) in [6.07, 6.45) is 2.37. The molecule has 15 heavy (non-hydrogen) atoms. The summed E-state index contributed by atoms with van der Waals surface area (Å²) in [5.41, 5.74) is -0.775. The Morgan fingerprint density at radius 1 is 1.73 bits per heavy atom. The zero-order valence-electron chi connectivity index (χ0n) is 7.56. The van der Waals surface area contributed by atoms with Crippen LogP contribution in [0, 0.1) is 16.3 Å². The van der Waals surface area contributed by atoms with E-state index in [4.69, 9.17) is 0 Å². The molecule has 0 aliphatic heterocycles. The topological polar surface area (TPSA) is 82.3 Å². The van der Waals surface area contributed by atoms with Gasteiger partial charge in [0.15, 0.2) is 5.69 Å². The van der Waals surface area contributed by atoms with E-state index < -0.39 is 16.6 Å². The average molecular weight is 349 g/mol. The number of hydrogen-bond acceptors (Lipinski definition) is 5. The van der Waals surface area contributed by atoms with Crippen LogP contribution in [-0.4, -0.2) is 23.0 Å². The number of hydrogen-bond donors (Lipinski definition) is 0. The average Bonchev–Trinajstić information content (AvgIpc) is 2.16. The summed E-state index contributed by atoms with van der Waals surface area (Å²) in [4.78, 5) is 24.3. The first-order chi connectivity index (χ1) is 6.56. The van der Waals surface area contributed by atoms with Crippen LogP contribution in [0.1, 0.15) is 10.5 Å². The fraction of sp³-hybridized carbons (Fsp3) is 0.143. The maximum absolute atomic E-state index is 11.0. The maximum atomic E-state index is 11.0. The third-order valence-corrected chi connectivity index (χ3v) is 1.76. The van der Waals surface area contributed by atoms with Crippen LogP contribution in [0.2, 0.25) is 0 Å². The number of rotatable bonds is 2. The summed E-state index contributed by atoms with van der Waals surface area (Å²) in [5.74, 6) is -0.861. The first kappa shape index (κ1) is 14.6. The first-order valence-electron chi connectivity index (χ1n) is 3.37. The predicted octanol–water partition coefficient (Wildman–Crippen LogP) is 1.34. The Morgan fingerprint density at radius 3 is 2.80 bits per heavy atom. The number of esters is 1. The number of carbonyl (C=O) groups is 1. The van der Waals surface area contributed by atoms with Crippen molar-refractivity contribution in [1.82, 2.24) is 4.98 Å². The minimum atomic E-state index is -0.861. The minimum absolute atomic E-state index is 0. The number of pyridine rings is 1. The number of ether oxygens (including phenoxy) is 1. The summed E-state index contributed by atoms with van der Waals surface area (Å²) < 4.78 is 4.63. The van der Waals surface area contributed by atoms with Crippen LogP contribution in [0.3, 0.4) is 0 Å². The molecule has 0 atom stereocenters. The molecule has 1 aromatic heterocycles. The Bertz CT molecular complexity index is 399. The van der Waals surface area contributed by atoms with Crippen LogP contribution >= 0.6 is 15.9 Å². The van der Waals surface area contributed by atoms with Gasteiger partial charge in [-0.25, -0.2) is 0 Å². The van der Waals surface area contributed by atoms with Gasteiger partial charge in [0, 0.05) is 37.6 Å². The van der Waals surface area contributed by atoms with Gasteiger partial charge in [0.25, 0.3) is 0 Å². The fourth-order valence-corrected chi connectivity index (χ4v) is 1.08. The molecule has 0 aromatic carbocycles. The molecule has 0 aliphatic carbocycles. The second-order valence-corrected chi connectivity index (χ2v) is 3.05. The van der Waals surface area contributed by atoms with Crippen molar-refractivity contribution in [3.05, 3.63) is 32.5 Å². The summed E-state index contributed by atoms with van der Waals surface area (Å²) in [5, 5.41) is 10.5. The molecule has 1 heterocycles. The molecule has 77 valence electrons. The van der Waals surface area contributed by atoms with Crippen molar-refractivity contribution in [1.29, 1.82) is 0 Å². The molecule has 0 N–H and O–H groups in total. The van der Waals surface area contributed by atoms with Crippen molar-refractivity contribution in [3.63, 3.8) is 0 Å². The smallest absolute Gasteiger partial charge is 0.305 e. The van der Waals surface area contributed by atoms with Gasteiger partial charge in [0.05, 0.1) is 7.11 Å². The quantitative estimate of drug-likeness (QED) is 0.348. The second-order valence-electron chi connectivity index (χ2n) is 2.20. The van der Waals surface area contributed by atoms with Crippen molar-refractivity contribution in [2.45, 2.75) is 0 Å². The maximum Gasteiger partial charge on any atom is 0.305 e. The fourth-order valence-electron chi connectivity index (χ4n) is 0.773. The second kappa shape index (κ2) is 6.24. The van der Waals surface area contributed by atoms with Gasteiger partial charge in [-0.2, -0.15) is 0 Å². The van der Waals surface area contributed by atoms with Gasteiger partial charge in [0.1, 0.15) is 5.69 Å². The largest absolute Gasteiger partial charge is 0.473 e. The van der Waals surface area contributed by atoms with Crippen molar-refractivity contribution < 1.29 is 47.2 Å². The van der Waals surface area contributed by atoms with Crippen molar-refractivity contribution in [2.75, 3.05) is 7.11 Å². The molecule has 0 unspecified atom stereocenters. The molecule has 1 aromatic rings. The number of aromatic nitrogens is 1. The van der Waals surface area contributed by atoms with E-state index in [0.29, 0.717) is 4.47 Å². The monoisotopic (exact) mass is 348 g/mol. The van der Waals surface area contributed by atoms with Crippen molar-refractivity contribution in [3.8, 4) is 0 Å². The molecule has 0 saturated heterocycles. The van der Waals surface area contributed by atoms with Crippen LogP contribution in [0.5, 0.6) is 0 Å². The molecular weight excluding hydrogens is 345 g/mol. The molecule has 0 bridgehead atoms. The molecule has 1 radical (unpaired) electrons. The Morgan fingerprint density at radius 2 is 2.33 bits per heavy atom. The van der Waals surface area contributed by atoms with Crippen LogP contribution in [-0.2, 0) is 37.4 Å². The van der Waals surface area contributed by atoms with E-state index in [9.17, 15) is 14.9 Å². The molecule has 0 fully saturated rings. The molecule has 8 heteroatoms. The first-order valence-corrected chi connectivity index (χ1v) is 4.16. The van der Waals surface area contributed by atoms with Crippen LogP contribution < -0.4 is 0 Å². The van der Waals surface area contributed by atoms with Gasteiger partial charge in [-0.15, -0.1) is 0 Å². The van der Waals surface area contributed by atoms with E-state index in [0.717, 1.165) is 13.2 Å². The van der Waals surface area contributed by atoms with Gasteiger partial charge in [-0.3, -0.25) is 14.9 Å². The molecule has 0 spiro atoms. The summed E-state index contributed by atoms with van der Waals surface area (Å²) in [7, 11) is 1.12. The normalized spacial score (nSPS) is 8.93. The zero-order valence-corrected chi connectivity index (χ0v) is 12.0. The third kappa shape index (κ3) is 3.59. The Kier molecular flexibility index (Phi) is 6.08. The van der Waals surface area contributed by atoms with E-state index >= 15 is 0 Å². The van der Waals surface area contributed by atoms with Gasteiger partial charge in [-0.05, 0) is 0 Å².